The summed E-state index contributed by atoms with van der Waals surface area (Å²) in [5.74, 6) is 0.0143. The number of nitro benzene ring substituents is 1. The van der Waals surface area contributed by atoms with E-state index in [1.54, 1.807) is 19.1 Å². The molecule has 126 valence electrons. The van der Waals surface area contributed by atoms with Crippen molar-refractivity contribution in [2.24, 2.45) is 5.92 Å². The van der Waals surface area contributed by atoms with E-state index in [0.717, 1.165) is 25.9 Å². The Hall–Kier alpha value is -1.99. The van der Waals surface area contributed by atoms with Crippen molar-refractivity contribution < 1.29 is 14.8 Å². The Labute approximate surface area is 135 Å². The van der Waals surface area contributed by atoms with Gasteiger partial charge in [-0.1, -0.05) is 12.1 Å². The molecule has 0 bridgehead atoms. The Morgan fingerprint density at radius 3 is 2.96 bits per heavy atom. The maximum Gasteiger partial charge on any atom is 0.292 e. The van der Waals surface area contributed by atoms with Crippen LogP contribution in [0.5, 0.6) is 0 Å². The summed E-state index contributed by atoms with van der Waals surface area (Å²) in [4.78, 5) is 24.6. The highest BCUT2D eigenvalue weighted by molar-refractivity contribution is 5.93. The molecular weight excluding hydrogens is 298 g/mol. The first-order chi connectivity index (χ1) is 11.0. The Bertz CT molecular complexity index is 562. The van der Waals surface area contributed by atoms with Crippen molar-refractivity contribution in [1.29, 1.82) is 0 Å². The summed E-state index contributed by atoms with van der Waals surface area (Å²) in [6.07, 6.45) is 1.97. The molecule has 0 saturated carbocycles. The minimum Gasteiger partial charge on any atom is -0.393 e. The van der Waals surface area contributed by atoms with Gasteiger partial charge in [0.2, 0.25) is 5.91 Å². The van der Waals surface area contributed by atoms with Crippen molar-refractivity contribution in [1.82, 2.24) is 4.90 Å². The summed E-state index contributed by atoms with van der Waals surface area (Å²) in [6.45, 7) is 4.10. The van der Waals surface area contributed by atoms with E-state index in [2.05, 4.69) is 10.2 Å². The van der Waals surface area contributed by atoms with Gasteiger partial charge in [-0.05, 0) is 38.3 Å². The molecule has 2 N–H and O–H groups in total. The van der Waals surface area contributed by atoms with Crippen LogP contribution in [0.4, 0.5) is 11.4 Å². The molecule has 7 nitrogen and oxygen atoms in total. The summed E-state index contributed by atoms with van der Waals surface area (Å²) >= 11 is 0. The van der Waals surface area contributed by atoms with Gasteiger partial charge in [-0.3, -0.25) is 14.9 Å². The maximum atomic E-state index is 12.0. The van der Waals surface area contributed by atoms with E-state index in [1.165, 1.54) is 12.1 Å². The van der Waals surface area contributed by atoms with Crippen molar-refractivity contribution in [3.8, 4) is 0 Å². The van der Waals surface area contributed by atoms with Crippen LogP contribution < -0.4 is 5.32 Å². The van der Waals surface area contributed by atoms with E-state index >= 15 is 0 Å². The van der Waals surface area contributed by atoms with Crippen LogP contribution in [-0.4, -0.2) is 46.6 Å². The number of nitro groups is 1. The van der Waals surface area contributed by atoms with Gasteiger partial charge < -0.3 is 15.3 Å². The minimum absolute atomic E-state index is 0.104. The largest absolute Gasteiger partial charge is 0.393 e. The molecule has 2 atom stereocenters. The van der Waals surface area contributed by atoms with Crippen LogP contribution in [0, 0.1) is 16.0 Å². The highest BCUT2D eigenvalue weighted by Gasteiger charge is 2.23. The van der Waals surface area contributed by atoms with Crippen LogP contribution in [0.15, 0.2) is 24.3 Å². The highest BCUT2D eigenvalue weighted by Crippen LogP contribution is 2.23. The molecule has 1 fully saturated rings. The number of aliphatic hydroxyl groups excluding tert-OH is 1. The SMILES string of the molecule is CC(O)C1CCCN(CCC(=O)Nc2ccccc2[N+](=O)[O-])C1. The van der Waals surface area contributed by atoms with E-state index in [-0.39, 0.29) is 35.7 Å². The van der Waals surface area contributed by atoms with Gasteiger partial charge in [0.25, 0.3) is 5.69 Å². The topological polar surface area (TPSA) is 95.7 Å². The second kappa shape index (κ2) is 8.03. The zero-order valence-corrected chi connectivity index (χ0v) is 13.3. The third-order valence-electron chi connectivity index (χ3n) is 4.25. The molecule has 7 heteroatoms. The van der Waals surface area contributed by atoms with Gasteiger partial charge in [-0.25, -0.2) is 0 Å². The average molecular weight is 321 g/mol. The van der Waals surface area contributed by atoms with E-state index in [4.69, 9.17) is 0 Å². The van der Waals surface area contributed by atoms with Gasteiger partial charge in [0.15, 0.2) is 0 Å². The fourth-order valence-electron chi connectivity index (χ4n) is 2.90. The number of para-hydroxylation sites is 2. The van der Waals surface area contributed by atoms with Crippen LogP contribution in [0.1, 0.15) is 26.2 Å². The lowest BCUT2D eigenvalue weighted by Crippen LogP contribution is -2.40. The summed E-state index contributed by atoms with van der Waals surface area (Å²) < 4.78 is 0. The molecule has 2 unspecified atom stereocenters. The summed E-state index contributed by atoms with van der Waals surface area (Å²) in [7, 11) is 0. The van der Waals surface area contributed by atoms with Crippen molar-refractivity contribution in [3.05, 3.63) is 34.4 Å². The van der Waals surface area contributed by atoms with Crippen molar-refractivity contribution >= 4 is 17.3 Å². The fourth-order valence-corrected chi connectivity index (χ4v) is 2.90. The Morgan fingerprint density at radius 2 is 2.26 bits per heavy atom. The lowest BCUT2D eigenvalue weighted by molar-refractivity contribution is -0.383. The Balaban J connectivity index is 1.85. The number of benzene rings is 1. The van der Waals surface area contributed by atoms with Gasteiger partial charge in [-0.15, -0.1) is 0 Å². The molecule has 0 spiro atoms. The zero-order valence-electron chi connectivity index (χ0n) is 13.3. The lowest BCUT2D eigenvalue weighted by Gasteiger charge is -2.33. The number of nitrogens with zero attached hydrogens (tertiary/aromatic N) is 2. The molecule has 2 rings (SSSR count). The number of hydrogen-bond donors (Lipinski definition) is 2. The normalized spacial score (nSPS) is 20.0. The molecular formula is C16H23N3O4. The van der Waals surface area contributed by atoms with Crippen LogP contribution in [-0.2, 0) is 4.79 Å². The van der Waals surface area contributed by atoms with Crippen LogP contribution in [0.3, 0.4) is 0 Å². The molecule has 0 aliphatic carbocycles. The first-order valence-corrected chi connectivity index (χ1v) is 7.91. The zero-order chi connectivity index (χ0) is 16.8. The molecule has 1 amide bonds. The van der Waals surface area contributed by atoms with Gasteiger partial charge in [-0.2, -0.15) is 0 Å². The van der Waals surface area contributed by atoms with Gasteiger partial charge in [0.05, 0.1) is 11.0 Å². The van der Waals surface area contributed by atoms with Crippen LogP contribution in [0.25, 0.3) is 0 Å². The predicted octanol–water partition coefficient (Wildman–Crippen LogP) is 2.02. The fraction of sp³-hybridized carbons (Fsp3) is 0.562. The van der Waals surface area contributed by atoms with Crippen molar-refractivity contribution in [3.63, 3.8) is 0 Å². The second-order valence-corrected chi connectivity index (χ2v) is 6.02. The van der Waals surface area contributed by atoms with E-state index in [1.807, 2.05) is 0 Å². The van der Waals surface area contributed by atoms with E-state index in [9.17, 15) is 20.0 Å². The summed E-state index contributed by atoms with van der Waals surface area (Å²) in [5, 5.41) is 23.2. The molecule has 1 aliphatic rings. The summed E-state index contributed by atoms with van der Waals surface area (Å²) in [6, 6.07) is 6.12. The van der Waals surface area contributed by atoms with Gasteiger partial charge in [0.1, 0.15) is 5.69 Å². The van der Waals surface area contributed by atoms with E-state index in [0.29, 0.717) is 6.54 Å². The highest BCUT2D eigenvalue weighted by atomic mass is 16.6. The van der Waals surface area contributed by atoms with E-state index < -0.39 is 4.92 Å². The number of anilines is 1. The smallest absolute Gasteiger partial charge is 0.292 e. The minimum atomic E-state index is -0.506. The molecule has 1 saturated heterocycles. The van der Waals surface area contributed by atoms with Gasteiger partial charge in [0, 0.05) is 25.6 Å². The number of likely N-dealkylation sites (tertiary alicyclic amines) is 1. The molecule has 1 heterocycles. The number of carbonyl (C=O) groups is 1. The number of carbonyl (C=O) groups excluding carboxylic acids is 1. The number of nitrogens with one attached hydrogen (secondary N) is 1. The quantitative estimate of drug-likeness (QED) is 0.617. The number of amides is 1. The number of piperidine rings is 1. The number of rotatable bonds is 6. The Morgan fingerprint density at radius 1 is 1.52 bits per heavy atom. The van der Waals surface area contributed by atoms with Crippen LogP contribution in [0.2, 0.25) is 0 Å². The second-order valence-electron chi connectivity index (χ2n) is 6.02. The lowest BCUT2D eigenvalue weighted by atomic mass is 9.93. The number of hydrogen-bond acceptors (Lipinski definition) is 5. The molecule has 1 aromatic rings. The third kappa shape index (κ3) is 5.01. The monoisotopic (exact) mass is 321 g/mol. The first kappa shape index (κ1) is 17.4. The third-order valence-corrected chi connectivity index (χ3v) is 4.25. The van der Waals surface area contributed by atoms with Gasteiger partial charge >= 0.3 is 0 Å². The molecule has 1 aliphatic heterocycles. The number of aliphatic hydroxyl groups is 1. The molecule has 0 aromatic heterocycles. The molecule has 0 radical (unpaired) electrons. The van der Waals surface area contributed by atoms with Crippen LogP contribution >= 0.6 is 0 Å². The first-order valence-electron chi connectivity index (χ1n) is 7.91. The maximum absolute atomic E-state index is 12.0. The van der Waals surface area contributed by atoms with Crippen molar-refractivity contribution in [2.45, 2.75) is 32.3 Å². The van der Waals surface area contributed by atoms with Crippen molar-refractivity contribution in [2.75, 3.05) is 25.0 Å². The summed E-state index contributed by atoms with van der Waals surface area (Å²) in [5.41, 5.74) is 0.121. The predicted molar refractivity (Wildman–Crippen MR) is 87.2 cm³/mol. The standard InChI is InChI=1S/C16H23N3O4/c1-12(20)13-5-4-9-18(11-13)10-8-16(21)17-14-6-2-3-7-15(14)19(22)23/h2-3,6-7,12-13,20H,4-5,8-11H2,1H3,(H,17,21). The molecule has 1 aromatic carbocycles. The Kier molecular flexibility index (Phi) is 6.06. The molecule has 23 heavy (non-hydrogen) atoms. The average Bonchev–Trinajstić information content (AvgIpc) is 2.53.